The lowest BCUT2D eigenvalue weighted by molar-refractivity contribution is 0.628. The zero-order valence-corrected chi connectivity index (χ0v) is 13.5. The first kappa shape index (κ1) is 15.4. The van der Waals surface area contributed by atoms with Gasteiger partial charge in [-0.05, 0) is 55.3 Å². The van der Waals surface area contributed by atoms with Crippen LogP contribution in [0.25, 0.3) is 0 Å². The van der Waals surface area contributed by atoms with Gasteiger partial charge >= 0.3 is 0 Å². The molecule has 0 aliphatic heterocycles. The Morgan fingerprint density at radius 2 is 1.75 bits per heavy atom. The molecule has 1 N–H and O–H groups in total. The molecule has 0 saturated carbocycles. The summed E-state index contributed by atoms with van der Waals surface area (Å²) < 4.78 is 0. The highest BCUT2D eigenvalue weighted by Gasteiger charge is 2.18. The van der Waals surface area contributed by atoms with Crippen LogP contribution in [0.2, 0.25) is 10.0 Å². The molecule has 0 aliphatic carbocycles. The lowest BCUT2D eigenvalue weighted by atomic mass is 9.93. The first-order valence-electron chi connectivity index (χ1n) is 6.78. The summed E-state index contributed by atoms with van der Waals surface area (Å²) in [5, 5.41) is 4.94. The van der Waals surface area contributed by atoms with Crippen molar-refractivity contribution in [2.75, 3.05) is 6.54 Å². The van der Waals surface area contributed by atoms with Gasteiger partial charge < -0.3 is 5.32 Å². The molecule has 2 rings (SSSR count). The quantitative estimate of drug-likeness (QED) is 0.807. The molecule has 0 radical (unpaired) electrons. The summed E-state index contributed by atoms with van der Waals surface area (Å²) in [6.07, 6.45) is 0. The second kappa shape index (κ2) is 6.62. The number of hydrogen-bond donors (Lipinski definition) is 1. The van der Waals surface area contributed by atoms with E-state index in [4.69, 9.17) is 23.2 Å². The summed E-state index contributed by atoms with van der Waals surface area (Å²) in [5.74, 6) is 0. The van der Waals surface area contributed by atoms with Crippen LogP contribution in [0.5, 0.6) is 0 Å². The van der Waals surface area contributed by atoms with E-state index in [1.807, 2.05) is 18.2 Å². The molecule has 2 aromatic carbocycles. The Balaban J connectivity index is 2.53. The average molecular weight is 308 g/mol. The third kappa shape index (κ3) is 3.35. The van der Waals surface area contributed by atoms with Crippen molar-refractivity contribution in [3.8, 4) is 0 Å². The second-order valence-electron chi connectivity index (χ2n) is 5.02. The van der Waals surface area contributed by atoms with E-state index < -0.39 is 0 Å². The summed E-state index contributed by atoms with van der Waals surface area (Å²) in [5.41, 5.74) is 4.78. The molecule has 0 spiro atoms. The van der Waals surface area contributed by atoms with Crippen molar-refractivity contribution in [2.24, 2.45) is 0 Å². The largest absolute Gasteiger partial charge is 0.306 e. The van der Waals surface area contributed by atoms with Crippen LogP contribution in [0.15, 0.2) is 36.4 Å². The van der Waals surface area contributed by atoms with E-state index in [-0.39, 0.29) is 6.04 Å². The van der Waals surface area contributed by atoms with Gasteiger partial charge in [0.2, 0.25) is 0 Å². The van der Waals surface area contributed by atoms with E-state index in [1.54, 1.807) is 0 Å². The summed E-state index contributed by atoms with van der Waals surface area (Å²) >= 11 is 12.5. The van der Waals surface area contributed by atoms with Crippen LogP contribution in [0.4, 0.5) is 0 Å². The lowest BCUT2D eigenvalue weighted by Gasteiger charge is -2.22. The molecule has 106 valence electrons. The maximum atomic E-state index is 6.36. The first-order chi connectivity index (χ1) is 9.52. The standard InChI is InChI=1S/C17H19Cl2N/c1-4-20-17(14-7-5-11(2)9-12(14)3)15-10-13(18)6-8-16(15)19/h5-10,17,20H,4H2,1-3H3. The average Bonchev–Trinajstić information content (AvgIpc) is 2.40. The van der Waals surface area contributed by atoms with E-state index in [1.165, 1.54) is 16.7 Å². The fraction of sp³-hybridized carbons (Fsp3) is 0.294. The topological polar surface area (TPSA) is 12.0 Å². The molecule has 1 unspecified atom stereocenters. The normalized spacial score (nSPS) is 12.4. The van der Waals surface area contributed by atoms with Crippen molar-refractivity contribution in [2.45, 2.75) is 26.8 Å². The highest BCUT2D eigenvalue weighted by molar-refractivity contribution is 6.33. The van der Waals surface area contributed by atoms with Crippen molar-refractivity contribution in [3.05, 3.63) is 68.7 Å². The van der Waals surface area contributed by atoms with Crippen LogP contribution >= 0.6 is 23.2 Å². The minimum Gasteiger partial charge on any atom is -0.306 e. The summed E-state index contributed by atoms with van der Waals surface area (Å²) in [4.78, 5) is 0. The van der Waals surface area contributed by atoms with E-state index >= 15 is 0 Å². The minimum absolute atomic E-state index is 0.0619. The van der Waals surface area contributed by atoms with Crippen molar-refractivity contribution in [1.82, 2.24) is 5.32 Å². The van der Waals surface area contributed by atoms with Crippen LogP contribution < -0.4 is 5.32 Å². The van der Waals surface area contributed by atoms with Gasteiger partial charge in [0.1, 0.15) is 0 Å². The zero-order chi connectivity index (χ0) is 14.7. The molecular weight excluding hydrogens is 289 g/mol. The van der Waals surface area contributed by atoms with Crippen molar-refractivity contribution >= 4 is 23.2 Å². The lowest BCUT2D eigenvalue weighted by Crippen LogP contribution is -2.23. The molecule has 0 aromatic heterocycles. The number of aryl methyl sites for hydroxylation is 2. The van der Waals surface area contributed by atoms with Gasteiger partial charge in [0.25, 0.3) is 0 Å². The van der Waals surface area contributed by atoms with Gasteiger partial charge in [0.05, 0.1) is 6.04 Å². The van der Waals surface area contributed by atoms with Crippen molar-refractivity contribution in [3.63, 3.8) is 0 Å². The Morgan fingerprint density at radius 3 is 2.40 bits per heavy atom. The van der Waals surface area contributed by atoms with Gasteiger partial charge in [0, 0.05) is 10.0 Å². The monoisotopic (exact) mass is 307 g/mol. The molecule has 1 nitrogen and oxygen atoms in total. The SMILES string of the molecule is CCNC(c1ccc(C)cc1C)c1cc(Cl)ccc1Cl. The van der Waals surface area contributed by atoms with Gasteiger partial charge in [-0.2, -0.15) is 0 Å². The Labute approximate surface area is 130 Å². The molecule has 0 aliphatic rings. The summed E-state index contributed by atoms with van der Waals surface area (Å²) in [6, 6.07) is 12.2. The third-order valence-corrected chi connectivity index (χ3v) is 3.99. The van der Waals surface area contributed by atoms with Crippen molar-refractivity contribution < 1.29 is 0 Å². The van der Waals surface area contributed by atoms with Gasteiger partial charge in [0.15, 0.2) is 0 Å². The van der Waals surface area contributed by atoms with Crippen LogP contribution in [0.3, 0.4) is 0 Å². The summed E-state index contributed by atoms with van der Waals surface area (Å²) in [7, 11) is 0. The van der Waals surface area contributed by atoms with Gasteiger partial charge in [-0.15, -0.1) is 0 Å². The number of rotatable bonds is 4. The van der Waals surface area contributed by atoms with Gasteiger partial charge in [-0.3, -0.25) is 0 Å². The number of hydrogen-bond acceptors (Lipinski definition) is 1. The highest BCUT2D eigenvalue weighted by Crippen LogP contribution is 2.32. The molecule has 0 fully saturated rings. The Hall–Kier alpha value is -1.02. The van der Waals surface area contributed by atoms with E-state index in [0.717, 1.165) is 17.1 Å². The molecule has 0 saturated heterocycles. The van der Waals surface area contributed by atoms with Crippen LogP contribution in [0.1, 0.15) is 35.2 Å². The van der Waals surface area contributed by atoms with E-state index in [2.05, 4.69) is 44.3 Å². The van der Waals surface area contributed by atoms with E-state index in [9.17, 15) is 0 Å². The fourth-order valence-corrected chi connectivity index (χ4v) is 2.88. The predicted molar refractivity (Wildman–Crippen MR) is 87.9 cm³/mol. The van der Waals surface area contributed by atoms with Gasteiger partial charge in [-0.25, -0.2) is 0 Å². The molecule has 2 aromatic rings. The third-order valence-electron chi connectivity index (χ3n) is 3.41. The highest BCUT2D eigenvalue weighted by atomic mass is 35.5. The molecule has 3 heteroatoms. The summed E-state index contributed by atoms with van der Waals surface area (Å²) in [6.45, 7) is 7.19. The minimum atomic E-state index is 0.0619. The van der Waals surface area contributed by atoms with Crippen LogP contribution in [0, 0.1) is 13.8 Å². The fourth-order valence-electron chi connectivity index (χ4n) is 2.48. The van der Waals surface area contributed by atoms with Crippen LogP contribution in [-0.2, 0) is 0 Å². The Bertz CT molecular complexity index is 608. The van der Waals surface area contributed by atoms with Crippen LogP contribution in [-0.4, -0.2) is 6.54 Å². The van der Waals surface area contributed by atoms with Crippen molar-refractivity contribution in [1.29, 1.82) is 0 Å². The zero-order valence-electron chi connectivity index (χ0n) is 12.0. The molecule has 0 amide bonds. The number of benzene rings is 2. The predicted octanol–water partition coefficient (Wildman–Crippen LogP) is 5.31. The molecular formula is C17H19Cl2N. The molecule has 0 heterocycles. The Kier molecular flexibility index (Phi) is 5.09. The van der Waals surface area contributed by atoms with E-state index in [0.29, 0.717) is 5.02 Å². The van der Waals surface area contributed by atoms with Gasteiger partial charge in [-0.1, -0.05) is 53.9 Å². The maximum Gasteiger partial charge on any atom is 0.0594 e. The first-order valence-corrected chi connectivity index (χ1v) is 7.54. The molecule has 1 atom stereocenters. The Morgan fingerprint density at radius 1 is 1.00 bits per heavy atom. The smallest absolute Gasteiger partial charge is 0.0594 e. The number of nitrogens with one attached hydrogen (secondary N) is 1. The second-order valence-corrected chi connectivity index (χ2v) is 5.86. The molecule has 20 heavy (non-hydrogen) atoms. The molecule has 0 bridgehead atoms. The number of halogens is 2. The maximum absolute atomic E-state index is 6.36.